The van der Waals surface area contributed by atoms with Gasteiger partial charge < -0.3 is 5.32 Å². The van der Waals surface area contributed by atoms with Gasteiger partial charge in [0.05, 0.1) is 23.0 Å². The van der Waals surface area contributed by atoms with Gasteiger partial charge in [0.25, 0.3) is 0 Å². The number of para-hydroxylation sites is 1. The Balaban J connectivity index is 2.17. The summed E-state index contributed by atoms with van der Waals surface area (Å²) in [4.78, 5) is 0. The van der Waals surface area contributed by atoms with Gasteiger partial charge in [0, 0.05) is 12.2 Å². The van der Waals surface area contributed by atoms with Crippen LogP contribution < -0.4 is 5.32 Å². The average Bonchev–Trinajstić information content (AvgIpc) is 2.74. The van der Waals surface area contributed by atoms with Crippen molar-refractivity contribution in [1.82, 2.24) is 9.78 Å². The summed E-state index contributed by atoms with van der Waals surface area (Å²) in [5.41, 5.74) is 4.49. The van der Waals surface area contributed by atoms with Crippen LogP contribution in [0.5, 0.6) is 0 Å². The van der Waals surface area contributed by atoms with Crippen LogP contribution in [0, 0.1) is 6.92 Å². The smallest absolute Gasteiger partial charge is 0.0865 e. The van der Waals surface area contributed by atoms with E-state index in [9.17, 15) is 0 Å². The van der Waals surface area contributed by atoms with Crippen molar-refractivity contribution < 1.29 is 0 Å². The van der Waals surface area contributed by atoms with Gasteiger partial charge in [-0.3, -0.25) is 4.68 Å². The first kappa shape index (κ1) is 14.9. The molecule has 0 aliphatic heterocycles. The van der Waals surface area contributed by atoms with Gasteiger partial charge in [0.1, 0.15) is 0 Å². The Morgan fingerprint density at radius 3 is 2.70 bits per heavy atom. The molecule has 0 aliphatic carbocycles. The number of benzene rings is 1. The number of aromatic nitrogens is 2. The Morgan fingerprint density at radius 2 is 2.00 bits per heavy atom. The van der Waals surface area contributed by atoms with Crippen LogP contribution in [0.4, 0.5) is 5.69 Å². The van der Waals surface area contributed by atoms with Gasteiger partial charge in [-0.2, -0.15) is 5.10 Å². The van der Waals surface area contributed by atoms with Gasteiger partial charge in [0.2, 0.25) is 0 Å². The number of hydrogen-bond donors (Lipinski definition) is 1. The van der Waals surface area contributed by atoms with Crippen LogP contribution in [0.15, 0.2) is 24.3 Å². The third kappa shape index (κ3) is 3.15. The summed E-state index contributed by atoms with van der Waals surface area (Å²) < 4.78 is 1.97. The molecule has 1 aromatic carbocycles. The van der Waals surface area contributed by atoms with Crippen LogP contribution in [-0.2, 0) is 19.5 Å². The van der Waals surface area contributed by atoms with Crippen LogP contribution >= 0.6 is 11.6 Å². The molecule has 0 spiro atoms. The van der Waals surface area contributed by atoms with Crippen molar-refractivity contribution in [2.24, 2.45) is 0 Å². The molecule has 1 heterocycles. The molecule has 0 unspecified atom stereocenters. The Labute approximate surface area is 126 Å². The first-order valence-electron chi connectivity index (χ1n) is 7.20. The second-order valence-corrected chi connectivity index (χ2v) is 5.30. The highest BCUT2D eigenvalue weighted by Gasteiger charge is 2.12. The van der Waals surface area contributed by atoms with Crippen LogP contribution in [0.2, 0.25) is 5.02 Å². The number of nitrogens with zero attached hydrogens (tertiary/aromatic N) is 2. The first-order valence-corrected chi connectivity index (χ1v) is 7.58. The lowest BCUT2D eigenvalue weighted by atomic mass is 10.1. The van der Waals surface area contributed by atoms with E-state index in [2.05, 4.69) is 48.5 Å². The van der Waals surface area contributed by atoms with Gasteiger partial charge in [-0.25, -0.2) is 0 Å². The zero-order valence-corrected chi connectivity index (χ0v) is 13.2. The maximum atomic E-state index is 6.34. The zero-order valence-electron chi connectivity index (χ0n) is 12.4. The minimum atomic E-state index is 0.703. The van der Waals surface area contributed by atoms with Gasteiger partial charge in [-0.05, 0) is 31.9 Å². The van der Waals surface area contributed by atoms with E-state index in [0.29, 0.717) is 6.54 Å². The Morgan fingerprint density at radius 1 is 1.25 bits per heavy atom. The van der Waals surface area contributed by atoms with Crippen molar-refractivity contribution in [3.8, 4) is 0 Å². The minimum absolute atomic E-state index is 0.703. The van der Waals surface area contributed by atoms with E-state index in [0.717, 1.165) is 35.8 Å². The Kier molecular flexibility index (Phi) is 5.07. The highest BCUT2D eigenvalue weighted by atomic mass is 35.5. The number of halogens is 1. The third-order valence-corrected chi connectivity index (χ3v) is 3.93. The molecule has 0 amide bonds. The van der Waals surface area contributed by atoms with Crippen molar-refractivity contribution in [3.63, 3.8) is 0 Å². The molecule has 0 saturated carbocycles. The van der Waals surface area contributed by atoms with Gasteiger partial charge in [0.15, 0.2) is 0 Å². The standard InChI is InChI=1S/C16H22ClN3/c1-4-8-13-9-6-7-10-14(13)18-11-15-16(17)12(3)19-20(15)5-2/h6-7,9-10,18H,4-5,8,11H2,1-3H3. The fourth-order valence-corrected chi connectivity index (χ4v) is 2.60. The van der Waals surface area contributed by atoms with E-state index in [1.54, 1.807) is 0 Å². The molecule has 1 N–H and O–H groups in total. The number of rotatable bonds is 6. The van der Waals surface area contributed by atoms with Gasteiger partial charge in [-0.1, -0.05) is 43.1 Å². The fourth-order valence-electron chi connectivity index (χ4n) is 2.40. The molecule has 2 aromatic rings. The molecular formula is C16H22ClN3. The highest BCUT2D eigenvalue weighted by Crippen LogP contribution is 2.23. The van der Waals surface area contributed by atoms with Crippen molar-refractivity contribution in [3.05, 3.63) is 46.2 Å². The molecule has 2 rings (SSSR count). The SMILES string of the molecule is CCCc1ccccc1NCc1c(Cl)c(C)nn1CC. The van der Waals surface area contributed by atoms with E-state index in [-0.39, 0.29) is 0 Å². The largest absolute Gasteiger partial charge is 0.379 e. The predicted octanol–water partition coefficient (Wildman–Crippen LogP) is 4.43. The number of anilines is 1. The molecule has 1 aromatic heterocycles. The van der Waals surface area contributed by atoms with Crippen LogP contribution in [0.25, 0.3) is 0 Å². The molecule has 0 fully saturated rings. The van der Waals surface area contributed by atoms with E-state index in [4.69, 9.17) is 11.6 Å². The van der Waals surface area contributed by atoms with Crippen molar-refractivity contribution >= 4 is 17.3 Å². The summed E-state index contributed by atoms with van der Waals surface area (Å²) in [6.45, 7) is 7.76. The molecule has 0 radical (unpaired) electrons. The molecule has 0 saturated heterocycles. The summed E-state index contributed by atoms with van der Waals surface area (Å²) in [5, 5.41) is 8.71. The van der Waals surface area contributed by atoms with Crippen molar-refractivity contribution in [1.29, 1.82) is 0 Å². The third-order valence-electron chi connectivity index (χ3n) is 3.44. The molecule has 4 heteroatoms. The second-order valence-electron chi connectivity index (χ2n) is 4.92. The van der Waals surface area contributed by atoms with Crippen molar-refractivity contribution in [2.45, 2.75) is 46.7 Å². The molecule has 0 atom stereocenters. The summed E-state index contributed by atoms with van der Waals surface area (Å²) in [5.74, 6) is 0. The van der Waals surface area contributed by atoms with E-state index in [1.807, 2.05) is 11.6 Å². The Hall–Kier alpha value is -1.48. The lowest BCUT2D eigenvalue weighted by molar-refractivity contribution is 0.623. The lowest BCUT2D eigenvalue weighted by Gasteiger charge is -2.12. The maximum Gasteiger partial charge on any atom is 0.0865 e. The second kappa shape index (κ2) is 6.80. The van der Waals surface area contributed by atoms with Gasteiger partial charge in [-0.15, -0.1) is 0 Å². The van der Waals surface area contributed by atoms with Gasteiger partial charge >= 0.3 is 0 Å². The number of hydrogen-bond acceptors (Lipinski definition) is 2. The molecule has 3 nitrogen and oxygen atoms in total. The van der Waals surface area contributed by atoms with E-state index < -0.39 is 0 Å². The summed E-state index contributed by atoms with van der Waals surface area (Å²) in [6.07, 6.45) is 2.23. The maximum absolute atomic E-state index is 6.34. The van der Waals surface area contributed by atoms with Crippen molar-refractivity contribution in [2.75, 3.05) is 5.32 Å². The molecular weight excluding hydrogens is 270 g/mol. The molecule has 20 heavy (non-hydrogen) atoms. The summed E-state index contributed by atoms with van der Waals surface area (Å²) >= 11 is 6.34. The van der Waals surface area contributed by atoms with Crippen LogP contribution in [0.1, 0.15) is 37.2 Å². The normalized spacial score (nSPS) is 10.8. The minimum Gasteiger partial charge on any atom is -0.379 e. The van der Waals surface area contributed by atoms with E-state index in [1.165, 1.54) is 11.3 Å². The predicted molar refractivity (Wildman–Crippen MR) is 85.4 cm³/mol. The molecule has 108 valence electrons. The highest BCUT2D eigenvalue weighted by molar-refractivity contribution is 6.31. The molecule has 0 bridgehead atoms. The summed E-state index contributed by atoms with van der Waals surface area (Å²) in [7, 11) is 0. The monoisotopic (exact) mass is 291 g/mol. The molecule has 0 aliphatic rings. The fraction of sp³-hybridized carbons (Fsp3) is 0.438. The first-order chi connectivity index (χ1) is 9.67. The van der Waals surface area contributed by atoms with Crippen LogP contribution in [-0.4, -0.2) is 9.78 Å². The quantitative estimate of drug-likeness (QED) is 0.853. The number of nitrogens with one attached hydrogen (secondary N) is 1. The zero-order chi connectivity index (χ0) is 14.5. The van der Waals surface area contributed by atoms with Crippen LogP contribution in [0.3, 0.4) is 0 Å². The topological polar surface area (TPSA) is 29.9 Å². The number of aryl methyl sites for hydroxylation is 3. The average molecular weight is 292 g/mol. The summed E-state index contributed by atoms with van der Waals surface area (Å²) in [6, 6.07) is 8.45. The Bertz CT molecular complexity index is 575. The van der Waals surface area contributed by atoms with E-state index >= 15 is 0 Å². The lowest BCUT2D eigenvalue weighted by Crippen LogP contribution is -2.09.